The highest BCUT2D eigenvalue weighted by Crippen LogP contribution is 1.66. The smallest absolute Gasteiger partial charge is 0.00750 e. The molecule has 68 valence electrons. The summed E-state index contributed by atoms with van der Waals surface area (Å²) in [4.78, 5) is 0. The van der Waals surface area contributed by atoms with Crippen LogP contribution in [0.3, 0.4) is 0 Å². The largest absolute Gasteiger partial charge is 0.329 e. The zero-order valence-electron chi connectivity index (χ0n) is 7.47. The van der Waals surface area contributed by atoms with E-state index in [1.165, 1.54) is 0 Å². The molecule has 0 fully saturated rings. The maximum atomic E-state index is 5.17. The Morgan fingerprint density at radius 2 is 1.64 bits per heavy atom. The fourth-order valence-electron chi connectivity index (χ4n) is 0.329. The molecule has 0 unspecified atom stereocenters. The molecule has 0 atom stereocenters. The van der Waals surface area contributed by atoms with Gasteiger partial charge in [-0.25, -0.2) is 0 Å². The van der Waals surface area contributed by atoms with Gasteiger partial charge in [0.15, 0.2) is 0 Å². The van der Waals surface area contributed by atoms with E-state index in [1.54, 1.807) is 0 Å². The summed E-state index contributed by atoms with van der Waals surface area (Å²) in [6.07, 6.45) is 2.96. The highest BCUT2D eigenvalue weighted by molar-refractivity contribution is 4.60. The molecule has 0 aromatic heterocycles. The molecule has 0 aliphatic rings. The third-order valence-corrected chi connectivity index (χ3v) is 0.931. The van der Waals surface area contributed by atoms with Gasteiger partial charge in [-0.15, -0.1) is 6.58 Å². The lowest BCUT2D eigenvalue weighted by atomic mass is 10.5. The molecule has 0 saturated carbocycles. The van der Waals surface area contributed by atoms with Gasteiger partial charge in [0.25, 0.3) is 0 Å². The summed E-state index contributed by atoms with van der Waals surface area (Å²) < 4.78 is 0. The Bertz CT molecular complexity index is 60.4. The second-order valence-corrected chi connectivity index (χ2v) is 2.02. The Morgan fingerprint density at radius 3 is 1.82 bits per heavy atom. The molecule has 0 rings (SSSR count). The average molecular weight is 159 g/mol. The van der Waals surface area contributed by atoms with E-state index < -0.39 is 0 Å². The first kappa shape index (κ1) is 13.2. The van der Waals surface area contributed by atoms with Crippen molar-refractivity contribution < 1.29 is 0 Å². The fraction of sp³-hybridized carbons (Fsp3) is 0.750. The van der Waals surface area contributed by atoms with Crippen LogP contribution in [0.25, 0.3) is 0 Å². The van der Waals surface area contributed by atoms with Crippen molar-refractivity contribution in [2.75, 3.05) is 26.2 Å². The normalized spacial score (nSPS) is 8.27. The molecule has 0 aromatic rings. The minimum atomic E-state index is 0.694. The van der Waals surface area contributed by atoms with Crippen molar-refractivity contribution in [3.8, 4) is 0 Å². The van der Waals surface area contributed by atoms with Crippen LogP contribution in [0.15, 0.2) is 12.7 Å². The van der Waals surface area contributed by atoms with Gasteiger partial charge < -0.3 is 16.8 Å². The van der Waals surface area contributed by atoms with Crippen LogP contribution < -0.4 is 16.8 Å². The second kappa shape index (κ2) is 16.3. The van der Waals surface area contributed by atoms with E-state index in [-0.39, 0.29) is 0 Å². The zero-order chi connectivity index (χ0) is 8.95. The lowest BCUT2D eigenvalue weighted by Crippen LogP contribution is -2.27. The van der Waals surface area contributed by atoms with Crippen molar-refractivity contribution in [3.05, 3.63) is 12.7 Å². The van der Waals surface area contributed by atoms with E-state index in [0.717, 1.165) is 19.5 Å². The van der Waals surface area contributed by atoms with E-state index >= 15 is 0 Å². The van der Waals surface area contributed by atoms with Crippen LogP contribution in [0.2, 0.25) is 0 Å². The van der Waals surface area contributed by atoms with Crippen molar-refractivity contribution in [1.82, 2.24) is 5.32 Å². The van der Waals surface area contributed by atoms with Crippen molar-refractivity contribution in [2.24, 2.45) is 11.5 Å². The molecule has 3 nitrogen and oxygen atoms in total. The maximum Gasteiger partial charge on any atom is 0.00750 e. The SMILES string of the molecule is C=CCC.NCCNCCN. The molecular weight excluding hydrogens is 138 g/mol. The van der Waals surface area contributed by atoms with Crippen molar-refractivity contribution >= 4 is 0 Å². The number of nitrogens with two attached hydrogens (primary N) is 2. The van der Waals surface area contributed by atoms with E-state index in [0.29, 0.717) is 13.1 Å². The molecule has 0 aliphatic heterocycles. The summed E-state index contributed by atoms with van der Waals surface area (Å²) in [6.45, 7) is 8.67. The number of rotatable bonds is 5. The molecule has 0 aromatic carbocycles. The minimum absolute atomic E-state index is 0.694. The summed E-state index contributed by atoms with van der Waals surface area (Å²) in [5.74, 6) is 0. The van der Waals surface area contributed by atoms with Crippen LogP contribution >= 0.6 is 0 Å². The van der Waals surface area contributed by atoms with Gasteiger partial charge in [0.2, 0.25) is 0 Å². The lowest BCUT2D eigenvalue weighted by molar-refractivity contribution is 0.696. The van der Waals surface area contributed by atoms with E-state index in [2.05, 4.69) is 18.8 Å². The second-order valence-electron chi connectivity index (χ2n) is 2.02. The van der Waals surface area contributed by atoms with E-state index in [1.807, 2.05) is 6.08 Å². The van der Waals surface area contributed by atoms with Gasteiger partial charge in [-0.1, -0.05) is 13.0 Å². The predicted molar refractivity (Wildman–Crippen MR) is 51.5 cm³/mol. The molecule has 0 amide bonds. The molecule has 0 spiro atoms. The first-order valence-electron chi connectivity index (χ1n) is 4.05. The molecular formula is C8H21N3. The highest BCUT2D eigenvalue weighted by Gasteiger charge is 1.76. The zero-order valence-corrected chi connectivity index (χ0v) is 7.47. The average Bonchev–Trinajstić information content (AvgIpc) is 2.06. The maximum absolute atomic E-state index is 5.17. The Morgan fingerprint density at radius 1 is 1.27 bits per heavy atom. The first-order chi connectivity index (χ1) is 5.33. The third kappa shape index (κ3) is 26.2. The molecule has 0 heterocycles. The molecule has 3 heteroatoms. The van der Waals surface area contributed by atoms with Crippen molar-refractivity contribution in [2.45, 2.75) is 13.3 Å². The summed E-state index contributed by atoms with van der Waals surface area (Å²) in [5.41, 5.74) is 10.3. The summed E-state index contributed by atoms with van der Waals surface area (Å²) >= 11 is 0. The van der Waals surface area contributed by atoms with Gasteiger partial charge in [0, 0.05) is 26.2 Å². The number of allylic oxidation sites excluding steroid dienone is 1. The summed E-state index contributed by atoms with van der Waals surface area (Å²) in [6, 6.07) is 0. The highest BCUT2D eigenvalue weighted by atomic mass is 14.9. The van der Waals surface area contributed by atoms with E-state index in [4.69, 9.17) is 11.5 Å². The predicted octanol–water partition coefficient (Wildman–Crippen LogP) is 0.0758. The topological polar surface area (TPSA) is 64.1 Å². The quantitative estimate of drug-likeness (QED) is 0.393. The standard InChI is InChI=1S/C4H13N3.C4H8/c5-1-3-7-4-2-6;1-3-4-2/h7H,1-6H2;3H,1,4H2,2H3. The van der Waals surface area contributed by atoms with Gasteiger partial charge in [-0.3, -0.25) is 0 Å². The van der Waals surface area contributed by atoms with E-state index in [9.17, 15) is 0 Å². The van der Waals surface area contributed by atoms with Gasteiger partial charge >= 0.3 is 0 Å². The van der Waals surface area contributed by atoms with Crippen LogP contribution in [0, 0.1) is 0 Å². The molecule has 0 saturated heterocycles. The first-order valence-corrected chi connectivity index (χ1v) is 4.05. The number of nitrogens with one attached hydrogen (secondary N) is 1. The molecule has 0 radical (unpaired) electrons. The van der Waals surface area contributed by atoms with Gasteiger partial charge in [0.1, 0.15) is 0 Å². The Hall–Kier alpha value is -0.380. The Labute approximate surface area is 69.8 Å². The fourth-order valence-corrected chi connectivity index (χ4v) is 0.329. The molecule has 11 heavy (non-hydrogen) atoms. The Kier molecular flexibility index (Phi) is 19.6. The molecule has 0 bridgehead atoms. The van der Waals surface area contributed by atoms with Crippen LogP contribution in [0.1, 0.15) is 13.3 Å². The van der Waals surface area contributed by atoms with Crippen molar-refractivity contribution in [3.63, 3.8) is 0 Å². The van der Waals surface area contributed by atoms with Crippen LogP contribution in [-0.4, -0.2) is 26.2 Å². The molecule has 5 N–H and O–H groups in total. The van der Waals surface area contributed by atoms with Gasteiger partial charge in [0.05, 0.1) is 0 Å². The third-order valence-electron chi connectivity index (χ3n) is 0.931. The van der Waals surface area contributed by atoms with Crippen molar-refractivity contribution in [1.29, 1.82) is 0 Å². The lowest BCUT2D eigenvalue weighted by Gasteiger charge is -1.95. The number of hydrogen-bond donors (Lipinski definition) is 3. The Balaban J connectivity index is 0. The van der Waals surface area contributed by atoms with Gasteiger partial charge in [-0.05, 0) is 6.42 Å². The number of hydrogen-bond acceptors (Lipinski definition) is 3. The molecule has 0 aliphatic carbocycles. The van der Waals surface area contributed by atoms with Crippen LogP contribution in [0.5, 0.6) is 0 Å². The monoisotopic (exact) mass is 159 g/mol. The van der Waals surface area contributed by atoms with Gasteiger partial charge in [-0.2, -0.15) is 0 Å². The summed E-state index contributed by atoms with van der Waals surface area (Å²) in [7, 11) is 0. The van der Waals surface area contributed by atoms with Crippen LogP contribution in [-0.2, 0) is 0 Å². The summed E-state index contributed by atoms with van der Waals surface area (Å²) in [5, 5.41) is 3.03. The minimum Gasteiger partial charge on any atom is -0.329 e. The van der Waals surface area contributed by atoms with Crippen LogP contribution in [0.4, 0.5) is 0 Å².